The minimum atomic E-state index is -1.81. The first kappa shape index (κ1) is 32.9. The Labute approximate surface area is 268 Å². The van der Waals surface area contributed by atoms with Crippen molar-refractivity contribution in [3.8, 4) is 0 Å². The van der Waals surface area contributed by atoms with Gasteiger partial charge in [0.2, 0.25) is 17.7 Å². The van der Waals surface area contributed by atoms with E-state index in [1.54, 1.807) is 21.3 Å². The summed E-state index contributed by atoms with van der Waals surface area (Å²) in [4.78, 5) is 43.0. The monoisotopic (exact) mass is 698 g/mol. The minimum absolute atomic E-state index is 0.00369. The first-order valence-electron chi connectivity index (χ1n) is 14.3. The van der Waals surface area contributed by atoms with Gasteiger partial charge in [-0.05, 0) is 49.7 Å². The lowest BCUT2D eigenvalue weighted by Gasteiger charge is -2.54. The van der Waals surface area contributed by atoms with Crippen LogP contribution in [-0.4, -0.2) is 73.4 Å². The number of amides is 3. The molecule has 3 fully saturated rings. The summed E-state index contributed by atoms with van der Waals surface area (Å²) in [6, 6.07) is 10.3. The van der Waals surface area contributed by atoms with Crippen molar-refractivity contribution in [3.05, 3.63) is 62.5 Å². The third kappa shape index (κ3) is 7.75. The maximum absolute atomic E-state index is 13.9. The summed E-state index contributed by atoms with van der Waals surface area (Å²) in [5.74, 6) is -0.973. The van der Waals surface area contributed by atoms with Gasteiger partial charge in [0.15, 0.2) is 0 Å². The molecule has 2 aromatic carbocycles. The third-order valence-electron chi connectivity index (χ3n) is 7.72. The topological polar surface area (TPSA) is 90.0 Å². The van der Waals surface area contributed by atoms with E-state index in [9.17, 15) is 18.6 Å². The Morgan fingerprint density at radius 3 is 2.17 bits per heavy atom. The van der Waals surface area contributed by atoms with Crippen molar-refractivity contribution in [2.45, 2.75) is 88.5 Å². The summed E-state index contributed by atoms with van der Waals surface area (Å²) in [5.41, 5.74) is 0.869. The number of hydrogen-bond acceptors (Lipinski definition) is 4. The molecule has 0 spiro atoms. The van der Waals surface area contributed by atoms with Gasteiger partial charge in [-0.15, -0.1) is 0 Å². The molecule has 3 aliphatic rings. The molecular weight excluding hydrogens is 663 g/mol. The molecule has 2 aromatic rings. The number of nitrogens with zero attached hydrogens (tertiary/aromatic N) is 3. The SMILES string of the molecule is C1CCCC1.CC(=O)NC1CN(S(=O)c2ccc(Cl)cc2Cl)C2CN(C(C)C)C(=O)C(Cc3ccc(Br)cc3)N2C1=O. The number of carbonyl (C=O) groups is 3. The first-order chi connectivity index (χ1) is 20.0. The Balaban J connectivity index is 0.000000732. The summed E-state index contributed by atoms with van der Waals surface area (Å²) < 4.78 is 16.5. The average molecular weight is 701 g/mol. The Kier molecular flexibility index (Phi) is 11.5. The van der Waals surface area contributed by atoms with Crippen molar-refractivity contribution in [2.75, 3.05) is 13.1 Å². The highest BCUT2D eigenvalue weighted by Gasteiger charge is 2.52. The molecule has 1 aliphatic carbocycles. The van der Waals surface area contributed by atoms with Gasteiger partial charge in [0.05, 0.1) is 16.5 Å². The molecule has 8 nitrogen and oxygen atoms in total. The lowest BCUT2D eigenvalue weighted by Crippen LogP contribution is -2.76. The second-order valence-electron chi connectivity index (χ2n) is 11.1. The molecule has 3 amide bonds. The molecule has 228 valence electrons. The lowest BCUT2D eigenvalue weighted by molar-refractivity contribution is -0.168. The van der Waals surface area contributed by atoms with Crippen LogP contribution in [-0.2, 0) is 31.8 Å². The van der Waals surface area contributed by atoms with Gasteiger partial charge < -0.3 is 15.1 Å². The van der Waals surface area contributed by atoms with Crippen LogP contribution in [0.25, 0.3) is 0 Å². The first-order valence-corrected chi connectivity index (χ1v) is 16.9. The van der Waals surface area contributed by atoms with Gasteiger partial charge in [-0.25, -0.2) is 4.21 Å². The zero-order chi connectivity index (χ0) is 30.6. The predicted octanol–water partition coefficient (Wildman–Crippen LogP) is 5.57. The number of carbonyl (C=O) groups excluding carboxylic acids is 3. The van der Waals surface area contributed by atoms with Crippen molar-refractivity contribution >= 4 is 67.8 Å². The van der Waals surface area contributed by atoms with Crippen molar-refractivity contribution in [3.63, 3.8) is 0 Å². The molecule has 42 heavy (non-hydrogen) atoms. The highest BCUT2D eigenvalue weighted by molar-refractivity contribution is 9.10. The summed E-state index contributed by atoms with van der Waals surface area (Å²) in [6.07, 6.45) is 7.08. The number of piperazine rings is 1. The number of rotatable bonds is 6. The maximum atomic E-state index is 13.9. The van der Waals surface area contributed by atoms with E-state index >= 15 is 0 Å². The summed E-state index contributed by atoms with van der Waals surface area (Å²) in [5, 5.41) is 3.30. The molecule has 0 bridgehead atoms. The lowest BCUT2D eigenvalue weighted by atomic mass is 9.96. The van der Waals surface area contributed by atoms with Crippen LogP contribution < -0.4 is 5.32 Å². The second-order valence-corrected chi connectivity index (χ2v) is 14.3. The highest BCUT2D eigenvalue weighted by atomic mass is 79.9. The van der Waals surface area contributed by atoms with E-state index in [1.165, 1.54) is 50.0 Å². The fraction of sp³-hybridized carbons (Fsp3) is 0.500. The fourth-order valence-electron chi connectivity index (χ4n) is 5.61. The molecular formula is C30H37BrCl2N4O4S. The van der Waals surface area contributed by atoms with E-state index in [4.69, 9.17) is 23.2 Å². The van der Waals surface area contributed by atoms with Crippen LogP contribution in [0.4, 0.5) is 0 Å². The number of benzene rings is 2. The molecule has 0 aromatic heterocycles. The molecule has 4 atom stereocenters. The molecule has 1 N–H and O–H groups in total. The highest BCUT2D eigenvalue weighted by Crippen LogP contribution is 2.33. The molecule has 2 heterocycles. The Morgan fingerprint density at radius 2 is 1.62 bits per heavy atom. The zero-order valence-electron chi connectivity index (χ0n) is 24.0. The third-order valence-corrected chi connectivity index (χ3v) is 10.5. The van der Waals surface area contributed by atoms with Crippen LogP contribution in [0.5, 0.6) is 0 Å². The number of halogens is 3. The summed E-state index contributed by atoms with van der Waals surface area (Å²) >= 11 is 15.9. The summed E-state index contributed by atoms with van der Waals surface area (Å²) in [6.45, 7) is 5.30. The van der Waals surface area contributed by atoms with Gasteiger partial charge in [0.25, 0.3) is 0 Å². The molecule has 12 heteroatoms. The number of nitrogens with one attached hydrogen (secondary N) is 1. The van der Waals surface area contributed by atoms with E-state index in [0.717, 1.165) is 10.0 Å². The molecule has 2 saturated heterocycles. The Bertz CT molecular complexity index is 1320. The van der Waals surface area contributed by atoms with Crippen LogP contribution in [0.1, 0.15) is 58.4 Å². The number of hydrogen-bond donors (Lipinski definition) is 1. The quantitative estimate of drug-likeness (QED) is 0.428. The second kappa shape index (κ2) is 14.7. The van der Waals surface area contributed by atoms with E-state index in [0.29, 0.717) is 9.92 Å². The molecule has 2 aliphatic heterocycles. The van der Waals surface area contributed by atoms with Gasteiger partial charge >= 0.3 is 0 Å². The van der Waals surface area contributed by atoms with Gasteiger partial charge in [-0.1, -0.05) is 83.4 Å². The van der Waals surface area contributed by atoms with Gasteiger partial charge in [0.1, 0.15) is 29.2 Å². The Hall–Kier alpha value is -1.98. The minimum Gasteiger partial charge on any atom is -0.343 e. The maximum Gasteiger partial charge on any atom is 0.248 e. The fourth-order valence-corrected chi connectivity index (χ4v) is 7.82. The normalized spacial score (nSPS) is 23.4. The van der Waals surface area contributed by atoms with Crippen LogP contribution >= 0.6 is 39.1 Å². The van der Waals surface area contributed by atoms with Crippen molar-refractivity contribution in [1.29, 1.82) is 0 Å². The zero-order valence-corrected chi connectivity index (χ0v) is 27.9. The van der Waals surface area contributed by atoms with E-state index in [2.05, 4.69) is 21.2 Å². The van der Waals surface area contributed by atoms with Crippen LogP contribution in [0.15, 0.2) is 51.8 Å². The molecule has 4 unspecified atom stereocenters. The molecule has 5 rings (SSSR count). The average Bonchev–Trinajstić information content (AvgIpc) is 3.52. The van der Waals surface area contributed by atoms with Gasteiger partial charge in [0, 0.05) is 35.4 Å². The van der Waals surface area contributed by atoms with E-state index in [1.807, 2.05) is 38.1 Å². The largest absolute Gasteiger partial charge is 0.343 e. The Morgan fingerprint density at radius 1 is 1.00 bits per heavy atom. The van der Waals surface area contributed by atoms with Crippen molar-refractivity contribution < 1.29 is 18.6 Å². The molecule has 0 radical (unpaired) electrons. The van der Waals surface area contributed by atoms with E-state index < -0.39 is 35.1 Å². The molecule has 1 saturated carbocycles. The summed E-state index contributed by atoms with van der Waals surface area (Å²) in [7, 11) is -1.81. The van der Waals surface area contributed by atoms with Crippen LogP contribution in [0.2, 0.25) is 10.0 Å². The predicted molar refractivity (Wildman–Crippen MR) is 169 cm³/mol. The van der Waals surface area contributed by atoms with Crippen LogP contribution in [0, 0.1) is 0 Å². The standard InChI is InChI=1S/C25H27BrCl2N4O4S.C5H10/c1-14(2)30-13-23-31(37(36)22-9-8-18(27)11-19(22)28)12-20(29-15(3)33)24(34)32(23)21(25(30)35)10-16-4-6-17(26)7-5-16;1-2-4-5-3-1/h4-9,11,14,20-21,23H,10,12-13H2,1-3H3,(H,29,33);1-5H2. The van der Waals surface area contributed by atoms with Crippen molar-refractivity contribution in [1.82, 2.24) is 19.4 Å². The number of fused-ring (bicyclic) bond motifs is 1. The van der Waals surface area contributed by atoms with Crippen LogP contribution in [0.3, 0.4) is 0 Å². The van der Waals surface area contributed by atoms with Crippen molar-refractivity contribution in [2.24, 2.45) is 0 Å². The van der Waals surface area contributed by atoms with Gasteiger partial charge in [-0.3, -0.25) is 14.4 Å². The smallest absolute Gasteiger partial charge is 0.248 e. The van der Waals surface area contributed by atoms with Gasteiger partial charge in [-0.2, -0.15) is 4.31 Å². The van der Waals surface area contributed by atoms with E-state index in [-0.39, 0.29) is 42.4 Å².